The highest BCUT2D eigenvalue weighted by Gasteiger charge is 2.35. The predicted octanol–water partition coefficient (Wildman–Crippen LogP) is 3.11. The molecule has 0 aliphatic rings. The first-order valence-electron chi connectivity index (χ1n) is 7.11. The number of carbonyl (C=O) groups excluding carboxylic acids is 3. The molecular weight excluding hydrogens is 290 g/mol. The van der Waals surface area contributed by atoms with Crippen LogP contribution in [0.4, 0.5) is 9.59 Å². The van der Waals surface area contributed by atoms with Crippen LogP contribution in [0.1, 0.15) is 55.4 Å². The van der Waals surface area contributed by atoms with E-state index in [0.29, 0.717) is 0 Å². The molecule has 0 N–H and O–H groups in total. The average Bonchev–Trinajstić information content (AvgIpc) is 2.20. The number of nitrogens with zero attached hydrogens (tertiary/aromatic N) is 1. The summed E-state index contributed by atoms with van der Waals surface area (Å²) in [5.41, 5.74) is -1.53. The largest absolute Gasteiger partial charge is 0.464 e. The first kappa shape index (κ1) is 20.2. The molecule has 0 aromatic heterocycles. The quantitative estimate of drug-likeness (QED) is 0.587. The number of amides is 2. The van der Waals surface area contributed by atoms with Crippen molar-refractivity contribution in [2.45, 2.75) is 72.6 Å². The SMILES string of the molecule is CC(=O)OC[C@H](C)N(C(=O)OC(C)(C)C)C(=O)OC(C)(C)C. The molecule has 0 bridgehead atoms. The highest BCUT2D eigenvalue weighted by Crippen LogP contribution is 2.16. The van der Waals surface area contributed by atoms with Crippen LogP contribution in [0.2, 0.25) is 0 Å². The second kappa shape index (κ2) is 7.47. The minimum absolute atomic E-state index is 0.131. The summed E-state index contributed by atoms with van der Waals surface area (Å²) in [6.45, 7) is 12.8. The van der Waals surface area contributed by atoms with Crippen LogP contribution >= 0.6 is 0 Å². The summed E-state index contributed by atoms with van der Waals surface area (Å²) >= 11 is 0. The van der Waals surface area contributed by atoms with Crippen molar-refractivity contribution in [3.63, 3.8) is 0 Å². The number of esters is 1. The Morgan fingerprint density at radius 2 is 1.27 bits per heavy atom. The Balaban J connectivity index is 5.17. The molecule has 0 fully saturated rings. The van der Waals surface area contributed by atoms with Gasteiger partial charge in [0.1, 0.15) is 17.8 Å². The van der Waals surface area contributed by atoms with Gasteiger partial charge in [-0.3, -0.25) is 4.79 Å². The third-order valence-corrected chi connectivity index (χ3v) is 2.15. The van der Waals surface area contributed by atoms with E-state index in [9.17, 15) is 14.4 Å². The van der Waals surface area contributed by atoms with E-state index < -0.39 is 35.4 Å². The Morgan fingerprint density at radius 1 is 0.909 bits per heavy atom. The van der Waals surface area contributed by atoms with Crippen LogP contribution in [0.3, 0.4) is 0 Å². The molecule has 7 heteroatoms. The lowest BCUT2D eigenvalue weighted by Gasteiger charge is -2.31. The van der Waals surface area contributed by atoms with Crippen LogP contribution in [-0.2, 0) is 19.0 Å². The van der Waals surface area contributed by atoms with Crippen molar-refractivity contribution in [2.24, 2.45) is 0 Å². The van der Waals surface area contributed by atoms with E-state index >= 15 is 0 Å². The van der Waals surface area contributed by atoms with Crippen molar-refractivity contribution in [2.75, 3.05) is 6.61 Å². The lowest BCUT2D eigenvalue weighted by Crippen LogP contribution is -2.49. The molecular formula is C15H27NO6. The van der Waals surface area contributed by atoms with Gasteiger partial charge in [-0.05, 0) is 48.5 Å². The number of hydrogen-bond donors (Lipinski definition) is 0. The summed E-state index contributed by atoms with van der Waals surface area (Å²) in [7, 11) is 0. The summed E-state index contributed by atoms with van der Waals surface area (Å²) in [6.07, 6.45) is -1.69. The highest BCUT2D eigenvalue weighted by molar-refractivity contribution is 5.88. The molecule has 7 nitrogen and oxygen atoms in total. The number of hydrogen-bond acceptors (Lipinski definition) is 6. The van der Waals surface area contributed by atoms with E-state index in [2.05, 4.69) is 0 Å². The number of rotatable bonds is 3. The van der Waals surface area contributed by atoms with Crippen molar-refractivity contribution < 1.29 is 28.6 Å². The van der Waals surface area contributed by atoms with Gasteiger partial charge in [0.15, 0.2) is 0 Å². The molecule has 0 heterocycles. The van der Waals surface area contributed by atoms with Crippen LogP contribution in [0.25, 0.3) is 0 Å². The van der Waals surface area contributed by atoms with Gasteiger partial charge in [0.2, 0.25) is 0 Å². The summed E-state index contributed by atoms with van der Waals surface area (Å²) in [6, 6.07) is -0.714. The van der Waals surface area contributed by atoms with Gasteiger partial charge in [-0.2, -0.15) is 0 Å². The minimum Gasteiger partial charge on any atom is -0.464 e. The van der Waals surface area contributed by atoms with Crippen LogP contribution < -0.4 is 0 Å². The summed E-state index contributed by atoms with van der Waals surface area (Å²) in [5, 5.41) is 0. The minimum atomic E-state index is -0.846. The maximum absolute atomic E-state index is 12.2. The topological polar surface area (TPSA) is 82.1 Å². The second-order valence-corrected chi connectivity index (χ2v) is 6.98. The molecule has 128 valence electrons. The van der Waals surface area contributed by atoms with Crippen LogP contribution in [0.15, 0.2) is 0 Å². The summed E-state index contributed by atoms with van der Waals surface area (Å²) < 4.78 is 15.3. The lowest BCUT2D eigenvalue weighted by molar-refractivity contribution is -0.142. The van der Waals surface area contributed by atoms with Crippen molar-refractivity contribution in [3.05, 3.63) is 0 Å². The fourth-order valence-corrected chi connectivity index (χ4v) is 1.37. The first-order chi connectivity index (χ1) is 9.73. The van der Waals surface area contributed by atoms with Gasteiger partial charge in [0.05, 0.1) is 6.04 Å². The van der Waals surface area contributed by atoms with Gasteiger partial charge in [-0.1, -0.05) is 0 Å². The highest BCUT2D eigenvalue weighted by atomic mass is 16.6. The third-order valence-electron chi connectivity index (χ3n) is 2.15. The van der Waals surface area contributed by atoms with Gasteiger partial charge in [-0.25, -0.2) is 14.5 Å². The van der Waals surface area contributed by atoms with Crippen molar-refractivity contribution in [1.29, 1.82) is 0 Å². The van der Waals surface area contributed by atoms with E-state index in [1.54, 1.807) is 48.5 Å². The average molecular weight is 317 g/mol. The zero-order valence-corrected chi connectivity index (χ0v) is 14.7. The summed E-state index contributed by atoms with van der Waals surface area (Å²) in [5.74, 6) is -0.500. The molecule has 0 spiro atoms. The molecule has 0 radical (unpaired) electrons. The Hall–Kier alpha value is -1.79. The second-order valence-electron chi connectivity index (χ2n) is 6.98. The number of imide groups is 1. The molecule has 2 amide bonds. The van der Waals surface area contributed by atoms with Crippen LogP contribution in [-0.4, -0.2) is 46.9 Å². The van der Waals surface area contributed by atoms with E-state index in [1.807, 2.05) is 0 Å². The van der Waals surface area contributed by atoms with Crippen LogP contribution in [0.5, 0.6) is 0 Å². The normalized spacial score (nSPS) is 13.1. The zero-order chi connectivity index (χ0) is 17.7. The van der Waals surface area contributed by atoms with E-state index in [-0.39, 0.29) is 6.61 Å². The van der Waals surface area contributed by atoms with Gasteiger partial charge < -0.3 is 14.2 Å². The number of carbonyl (C=O) groups is 3. The lowest BCUT2D eigenvalue weighted by atomic mass is 10.2. The molecule has 1 atom stereocenters. The Morgan fingerprint density at radius 3 is 1.55 bits per heavy atom. The van der Waals surface area contributed by atoms with Crippen LogP contribution in [0, 0.1) is 0 Å². The fourth-order valence-electron chi connectivity index (χ4n) is 1.37. The molecule has 0 aliphatic heterocycles. The first-order valence-corrected chi connectivity index (χ1v) is 7.11. The Kier molecular flexibility index (Phi) is 6.86. The van der Waals surface area contributed by atoms with Crippen molar-refractivity contribution >= 4 is 18.2 Å². The predicted molar refractivity (Wildman–Crippen MR) is 80.4 cm³/mol. The van der Waals surface area contributed by atoms with Gasteiger partial charge in [0.25, 0.3) is 0 Å². The van der Waals surface area contributed by atoms with E-state index in [4.69, 9.17) is 14.2 Å². The van der Waals surface area contributed by atoms with E-state index in [1.165, 1.54) is 6.92 Å². The Bertz CT molecular complexity index is 391. The van der Waals surface area contributed by atoms with Crippen molar-refractivity contribution in [3.8, 4) is 0 Å². The van der Waals surface area contributed by atoms with E-state index in [0.717, 1.165) is 4.90 Å². The maximum Gasteiger partial charge on any atom is 0.420 e. The third kappa shape index (κ3) is 8.49. The molecule has 0 aliphatic carbocycles. The number of ether oxygens (including phenoxy) is 3. The molecule has 0 rings (SSSR count). The standard InChI is InChI=1S/C15H27NO6/c1-10(9-20-11(2)17)16(12(18)21-14(3,4)5)13(19)22-15(6,7)8/h10H,9H2,1-8H3/t10-/m0/s1. The van der Waals surface area contributed by atoms with Gasteiger partial charge in [0, 0.05) is 6.92 Å². The molecule has 0 unspecified atom stereocenters. The molecule has 22 heavy (non-hydrogen) atoms. The van der Waals surface area contributed by atoms with Gasteiger partial charge in [-0.15, -0.1) is 0 Å². The fraction of sp³-hybridized carbons (Fsp3) is 0.800. The van der Waals surface area contributed by atoms with Gasteiger partial charge >= 0.3 is 18.2 Å². The zero-order valence-electron chi connectivity index (χ0n) is 14.7. The monoisotopic (exact) mass is 317 g/mol. The maximum atomic E-state index is 12.2. The smallest absolute Gasteiger partial charge is 0.420 e. The summed E-state index contributed by atoms with van der Waals surface area (Å²) in [4.78, 5) is 36.2. The Labute approximate surface area is 131 Å². The molecule has 0 saturated heterocycles. The molecule has 0 aromatic carbocycles. The van der Waals surface area contributed by atoms with Crippen molar-refractivity contribution in [1.82, 2.24) is 4.90 Å². The molecule has 0 saturated carbocycles. The molecule has 0 aromatic rings.